The Morgan fingerprint density at radius 3 is 2.42 bits per heavy atom. The van der Waals surface area contributed by atoms with E-state index in [-0.39, 0.29) is 56.8 Å². The number of hydrogen-bond donors (Lipinski definition) is 1. The second-order valence-electron chi connectivity index (χ2n) is 11.2. The van der Waals surface area contributed by atoms with Crippen LogP contribution in [-0.2, 0) is 41.9 Å². The first-order valence-electron chi connectivity index (χ1n) is 14.8. The lowest BCUT2D eigenvalue weighted by Crippen LogP contribution is -2.46. The number of aromatic nitrogens is 2. The SMILES string of the molecule is [C-]#[N+]CCOP(O[C@H]1[C@@H](OCCOC)[C@H](n2cc(C)c(=O)[nH]c2=O)O[C@@H]1[C@@H](CP(C)(=O)OCC)OC(C)=O)N(C(C)C)C(C)C. The van der Waals surface area contributed by atoms with Gasteiger partial charge < -0.3 is 37.4 Å². The number of rotatable bonds is 19. The topological polar surface area (TPSA) is 161 Å². The summed E-state index contributed by atoms with van der Waals surface area (Å²) in [6, 6.07) is -0.0907. The van der Waals surface area contributed by atoms with E-state index in [1.807, 2.05) is 32.4 Å². The molecular formula is C28H48N4O11P2. The van der Waals surface area contributed by atoms with Crippen LogP contribution in [0.25, 0.3) is 4.85 Å². The zero-order valence-electron chi connectivity index (χ0n) is 27.6. The second-order valence-corrected chi connectivity index (χ2v) is 15.2. The molecule has 0 radical (unpaired) electrons. The Morgan fingerprint density at radius 1 is 1.20 bits per heavy atom. The molecule has 45 heavy (non-hydrogen) atoms. The molecule has 256 valence electrons. The molecule has 1 aliphatic rings. The van der Waals surface area contributed by atoms with Crippen LogP contribution in [0.5, 0.6) is 0 Å². The van der Waals surface area contributed by atoms with Crippen LogP contribution >= 0.6 is 15.9 Å². The highest BCUT2D eigenvalue weighted by Crippen LogP contribution is 2.52. The van der Waals surface area contributed by atoms with E-state index >= 15 is 0 Å². The number of carbonyl (C=O) groups is 1. The van der Waals surface area contributed by atoms with Gasteiger partial charge in [-0.2, -0.15) is 0 Å². The number of H-pyrrole nitrogens is 1. The number of ether oxygens (including phenoxy) is 4. The summed E-state index contributed by atoms with van der Waals surface area (Å²) < 4.78 is 58.7. The van der Waals surface area contributed by atoms with Gasteiger partial charge in [-0.15, -0.1) is 0 Å². The van der Waals surface area contributed by atoms with Crippen molar-refractivity contribution in [3.63, 3.8) is 0 Å². The summed E-state index contributed by atoms with van der Waals surface area (Å²) in [4.78, 5) is 43.4. The van der Waals surface area contributed by atoms with Crippen molar-refractivity contribution in [2.24, 2.45) is 0 Å². The number of aryl methyl sites for hydroxylation is 1. The molecule has 2 heterocycles. The van der Waals surface area contributed by atoms with Crippen LogP contribution in [0, 0.1) is 13.5 Å². The summed E-state index contributed by atoms with van der Waals surface area (Å²) >= 11 is 0. The smallest absolute Gasteiger partial charge is 0.330 e. The van der Waals surface area contributed by atoms with E-state index in [0.717, 1.165) is 0 Å². The third kappa shape index (κ3) is 11.3. The average molecular weight is 679 g/mol. The highest BCUT2D eigenvalue weighted by molar-refractivity contribution is 7.58. The molecule has 2 rings (SSSR count). The first-order chi connectivity index (χ1) is 21.2. The maximum Gasteiger partial charge on any atom is 0.330 e. The van der Waals surface area contributed by atoms with Gasteiger partial charge in [0.25, 0.3) is 14.1 Å². The molecule has 0 bridgehead atoms. The molecule has 0 saturated carbocycles. The summed E-state index contributed by atoms with van der Waals surface area (Å²) in [5.74, 6) is -0.655. The molecule has 1 fully saturated rings. The van der Waals surface area contributed by atoms with E-state index in [2.05, 4.69) is 9.83 Å². The van der Waals surface area contributed by atoms with Gasteiger partial charge in [-0.1, -0.05) is 0 Å². The summed E-state index contributed by atoms with van der Waals surface area (Å²) in [5.41, 5.74) is -1.06. The standard InChI is InChI=1S/C28H48N4O11P2/c1-11-40-45(10,36)17-22(41-21(7)33)23-24(43-44(39-13-12-29-8)32(18(2)3)19(4)5)25(38-15-14-37-9)27(42-23)31-16-20(6)26(34)30-28(31)35/h16,18-19,22-25,27H,11-15,17H2,1-7,9-10H3,(H,30,34,35)/t22-,23-,24-,25-,27-,44?,45?/m1/s1. The minimum absolute atomic E-state index is 0.0453. The predicted molar refractivity (Wildman–Crippen MR) is 168 cm³/mol. The number of hydrogen-bond acceptors (Lipinski definition) is 12. The summed E-state index contributed by atoms with van der Waals surface area (Å²) in [6.45, 7) is 21.7. The van der Waals surface area contributed by atoms with Crippen molar-refractivity contribution in [3.05, 3.63) is 44.0 Å². The fraction of sp³-hybridized carbons (Fsp3) is 0.786. The van der Waals surface area contributed by atoms with Gasteiger partial charge in [-0.25, -0.2) is 16.0 Å². The van der Waals surface area contributed by atoms with E-state index in [0.29, 0.717) is 0 Å². The summed E-state index contributed by atoms with van der Waals surface area (Å²) in [6.07, 6.45) is -4.40. The number of esters is 1. The zero-order chi connectivity index (χ0) is 33.9. The molecule has 0 spiro atoms. The highest BCUT2D eigenvalue weighted by Gasteiger charge is 2.54. The quantitative estimate of drug-likeness (QED) is 0.0986. The Labute approximate surface area is 266 Å². The molecule has 1 N–H and O–H groups in total. The molecule has 1 saturated heterocycles. The maximum atomic E-state index is 13.4. The number of nitrogens with one attached hydrogen (secondary N) is 1. The number of nitrogens with zero attached hydrogens (tertiary/aromatic N) is 3. The monoisotopic (exact) mass is 678 g/mol. The van der Waals surface area contributed by atoms with Crippen molar-refractivity contribution in [2.75, 3.05) is 52.9 Å². The van der Waals surface area contributed by atoms with Crippen molar-refractivity contribution < 1.29 is 41.9 Å². The zero-order valence-corrected chi connectivity index (χ0v) is 29.4. The first kappa shape index (κ1) is 39.2. The third-order valence-corrected chi connectivity index (χ3v) is 10.7. The second kappa shape index (κ2) is 18.4. The van der Waals surface area contributed by atoms with Crippen molar-refractivity contribution in [3.8, 4) is 0 Å². The fourth-order valence-corrected chi connectivity index (χ4v) is 8.33. The lowest BCUT2D eigenvalue weighted by atomic mass is 10.1. The van der Waals surface area contributed by atoms with E-state index in [1.165, 1.54) is 31.5 Å². The van der Waals surface area contributed by atoms with Gasteiger partial charge in [-0.05, 0) is 41.5 Å². The molecule has 0 aromatic carbocycles. The molecule has 1 aromatic heterocycles. The fourth-order valence-electron chi connectivity index (χ4n) is 5.00. The Balaban J connectivity index is 2.78. The van der Waals surface area contributed by atoms with Crippen LogP contribution in [0.2, 0.25) is 0 Å². The Bertz CT molecular complexity index is 1290. The van der Waals surface area contributed by atoms with Gasteiger partial charge >= 0.3 is 11.7 Å². The number of carbonyl (C=O) groups excluding carboxylic acids is 1. The van der Waals surface area contributed by atoms with Crippen molar-refractivity contribution in [1.82, 2.24) is 14.2 Å². The van der Waals surface area contributed by atoms with E-state index < -0.39 is 63.8 Å². The molecule has 2 unspecified atom stereocenters. The van der Waals surface area contributed by atoms with Crippen molar-refractivity contribution >= 4 is 21.9 Å². The maximum absolute atomic E-state index is 13.4. The third-order valence-electron chi connectivity index (χ3n) is 6.70. The van der Waals surface area contributed by atoms with Crippen LogP contribution in [-0.4, -0.2) is 110 Å². The van der Waals surface area contributed by atoms with Crippen LogP contribution in [0.3, 0.4) is 0 Å². The molecular weight excluding hydrogens is 630 g/mol. The molecule has 7 atom stereocenters. The number of aromatic amines is 1. The van der Waals surface area contributed by atoms with Gasteiger partial charge in [0, 0.05) is 44.5 Å². The highest BCUT2D eigenvalue weighted by atomic mass is 31.2. The predicted octanol–water partition coefficient (Wildman–Crippen LogP) is 3.32. The lowest BCUT2D eigenvalue weighted by molar-refractivity contribution is -0.157. The number of methoxy groups -OCH3 is 1. The first-order valence-corrected chi connectivity index (χ1v) is 18.2. The molecule has 1 aliphatic heterocycles. The van der Waals surface area contributed by atoms with E-state index in [1.54, 1.807) is 13.8 Å². The largest absolute Gasteiger partial charge is 0.459 e. The Hall–Kier alpha value is -1.98. The van der Waals surface area contributed by atoms with Crippen LogP contribution < -0.4 is 11.2 Å². The molecule has 0 amide bonds. The van der Waals surface area contributed by atoms with Crippen LogP contribution in [0.1, 0.15) is 53.3 Å². The van der Waals surface area contributed by atoms with Gasteiger partial charge in [0.1, 0.15) is 31.0 Å². The minimum atomic E-state index is -3.31. The van der Waals surface area contributed by atoms with Crippen molar-refractivity contribution in [2.45, 2.75) is 91.2 Å². The van der Waals surface area contributed by atoms with Gasteiger partial charge in [-0.3, -0.25) is 23.7 Å². The molecule has 15 nitrogen and oxygen atoms in total. The average Bonchev–Trinajstić information content (AvgIpc) is 3.27. The molecule has 1 aromatic rings. The normalized spacial score (nSPS) is 22.8. The molecule has 17 heteroatoms. The van der Waals surface area contributed by atoms with E-state index in [9.17, 15) is 18.9 Å². The van der Waals surface area contributed by atoms with Crippen molar-refractivity contribution in [1.29, 1.82) is 0 Å². The Morgan fingerprint density at radius 2 is 1.87 bits per heavy atom. The van der Waals surface area contributed by atoms with Crippen LogP contribution in [0.15, 0.2) is 15.8 Å². The van der Waals surface area contributed by atoms with Crippen LogP contribution in [0.4, 0.5) is 0 Å². The van der Waals surface area contributed by atoms with Gasteiger partial charge in [0.15, 0.2) is 6.23 Å². The van der Waals surface area contributed by atoms with Gasteiger partial charge in [0.2, 0.25) is 13.9 Å². The minimum Gasteiger partial charge on any atom is -0.459 e. The Kier molecular flexibility index (Phi) is 16.0. The molecule has 0 aliphatic carbocycles. The summed E-state index contributed by atoms with van der Waals surface area (Å²) in [5, 5.41) is 0. The van der Waals surface area contributed by atoms with Gasteiger partial charge in [0.05, 0.1) is 26.0 Å². The van der Waals surface area contributed by atoms with E-state index in [4.69, 9.17) is 39.1 Å². The lowest BCUT2D eigenvalue weighted by Gasteiger charge is -2.38. The summed E-state index contributed by atoms with van der Waals surface area (Å²) in [7, 11) is -3.68.